The van der Waals surface area contributed by atoms with Crippen LogP contribution < -0.4 is 0 Å². The summed E-state index contributed by atoms with van der Waals surface area (Å²) in [5.41, 5.74) is 3.84. The van der Waals surface area contributed by atoms with Crippen LogP contribution in [0.1, 0.15) is 17.5 Å². The van der Waals surface area contributed by atoms with Gasteiger partial charge in [0.25, 0.3) is 0 Å². The Morgan fingerprint density at radius 2 is 1.92 bits per heavy atom. The van der Waals surface area contributed by atoms with Gasteiger partial charge in [0.1, 0.15) is 0 Å². The van der Waals surface area contributed by atoms with Crippen LogP contribution in [-0.2, 0) is 11.3 Å². The van der Waals surface area contributed by atoms with Crippen LogP contribution in [0.3, 0.4) is 0 Å². The monoisotopic (exact) mass is 319 g/mol. The normalized spacial score (nSPS) is 17.3. The van der Waals surface area contributed by atoms with Crippen molar-refractivity contribution < 1.29 is 4.79 Å². The smallest absolute Gasteiger partial charge is 0.239 e. The molecule has 3 rings (SSSR count). The van der Waals surface area contributed by atoms with E-state index in [2.05, 4.69) is 23.1 Å². The van der Waals surface area contributed by atoms with E-state index in [1.165, 1.54) is 0 Å². The molecule has 2 aromatic carbocycles. The maximum absolute atomic E-state index is 12.1. The summed E-state index contributed by atoms with van der Waals surface area (Å²) in [7, 11) is 3.86. The van der Waals surface area contributed by atoms with Crippen LogP contribution in [0.5, 0.6) is 0 Å². The molecular weight excluding hydrogens is 298 g/mol. The lowest BCUT2D eigenvalue weighted by molar-refractivity contribution is -0.130. The number of rotatable bonds is 4. The molecule has 122 valence electrons. The molecule has 1 saturated heterocycles. The average molecular weight is 319 g/mol. The van der Waals surface area contributed by atoms with Crippen molar-refractivity contribution in [3.05, 3.63) is 59.7 Å². The molecule has 4 nitrogen and oxygen atoms in total. The third-order valence-electron chi connectivity index (χ3n) is 4.68. The van der Waals surface area contributed by atoms with Crippen molar-refractivity contribution in [2.75, 3.05) is 20.6 Å². The lowest BCUT2D eigenvalue weighted by Crippen LogP contribution is -2.38. The van der Waals surface area contributed by atoms with Gasteiger partial charge in [0, 0.05) is 20.1 Å². The van der Waals surface area contributed by atoms with Crippen LogP contribution in [0.4, 0.5) is 0 Å². The summed E-state index contributed by atoms with van der Waals surface area (Å²) in [6.07, 6.45) is 0.888. The Balaban J connectivity index is 1.73. The number of likely N-dealkylation sites (tertiary alicyclic amines) is 1. The first-order valence-corrected chi connectivity index (χ1v) is 8.14. The van der Waals surface area contributed by atoms with Crippen molar-refractivity contribution in [2.45, 2.75) is 19.0 Å². The number of hydrogen-bond acceptors (Lipinski definition) is 3. The molecule has 0 aromatic heterocycles. The van der Waals surface area contributed by atoms with Gasteiger partial charge in [-0.15, -0.1) is 0 Å². The Bertz CT molecular complexity index is 776. The SMILES string of the molecule is CN1CCC(N(C)Cc2ccc(-c3ccccc3C#N)cc2)C1=O. The second-order valence-electron chi connectivity index (χ2n) is 6.33. The van der Waals surface area contributed by atoms with E-state index in [1.54, 1.807) is 4.90 Å². The van der Waals surface area contributed by atoms with Crippen LogP contribution >= 0.6 is 0 Å². The lowest BCUT2D eigenvalue weighted by atomic mass is 9.99. The first kappa shape index (κ1) is 16.2. The molecule has 1 fully saturated rings. The zero-order valence-corrected chi connectivity index (χ0v) is 14.1. The van der Waals surface area contributed by atoms with E-state index < -0.39 is 0 Å². The third kappa shape index (κ3) is 3.17. The summed E-state index contributed by atoms with van der Waals surface area (Å²) in [6.45, 7) is 1.57. The van der Waals surface area contributed by atoms with E-state index >= 15 is 0 Å². The minimum absolute atomic E-state index is 0.0195. The molecule has 1 amide bonds. The van der Waals surface area contributed by atoms with Crippen LogP contribution in [0.2, 0.25) is 0 Å². The first-order chi connectivity index (χ1) is 11.6. The average Bonchev–Trinajstić information content (AvgIpc) is 2.95. The summed E-state index contributed by atoms with van der Waals surface area (Å²) in [4.78, 5) is 16.0. The van der Waals surface area contributed by atoms with E-state index in [0.717, 1.165) is 36.2 Å². The molecule has 2 aromatic rings. The Hall–Kier alpha value is -2.64. The molecule has 0 N–H and O–H groups in total. The van der Waals surface area contributed by atoms with Crippen molar-refractivity contribution in [3.63, 3.8) is 0 Å². The number of likely N-dealkylation sites (N-methyl/N-ethyl adjacent to an activating group) is 2. The fraction of sp³-hybridized carbons (Fsp3) is 0.300. The number of hydrogen-bond donors (Lipinski definition) is 0. The highest BCUT2D eigenvalue weighted by atomic mass is 16.2. The van der Waals surface area contributed by atoms with Crippen LogP contribution in [0, 0.1) is 11.3 Å². The quantitative estimate of drug-likeness (QED) is 0.870. The number of benzene rings is 2. The molecule has 1 unspecified atom stereocenters. The summed E-state index contributed by atoms with van der Waals surface area (Å²) >= 11 is 0. The highest BCUT2D eigenvalue weighted by Crippen LogP contribution is 2.24. The summed E-state index contributed by atoms with van der Waals surface area (Å²) in [5.74, 6) is 0.206. The number of carbonyl (C=O) groups is 1. The maximum Gasteiger partial charge on any atom is 0.239 e. The zero-order valence-electron chi connectivity index (χ0n) is 14.1. The molecule has 1 aliphatic heterocycles. The molecule has 0 spiro atoms. The number of amides is 1. The second kappa shape index (κ2) is 6.86. The molecule has 0 bridgehead atoms. The van der Waals surface area contributed by atoms with Gasteiger partial charge in [0.15, 0.2) is 0 Å². The van der Waals surface area contributed by atoms with Crippen LogP contribution in [-0.4, -0.2) is 42.4 Å². The molecule has 0 radical (unpaired) electrons. The summed E-state index contributed by atoms with van der Waals surface area (Å²) in [6, 6.07) is 18.1. The Morgan fingerprint density at radius 1 is 1.21 bits per heavy atom. The molecule has 0 saturated carbocycles. The number of nitriles is 1. The highest BCUT2D eigenvalue weighted by Gasteiger charge is 2.31. The van der Waals surface area contributed by atoms with Gasteiger partial charge in [-0.2, -0.15) is 5.26 Å². The van der Waals surface area contributed by atoms with Gasteiger partial charge in [-0.3, -0.25) is 9.69 Å². The van der Waals surface area contributed by atoms with Gasteiger partial charge in [-0.1, -0.05) is 42.5 Å². The molecule has 0 aliphatic carbocycles. The number of nitrogens with zero attached hydrogens (tertiary/aromatic N) is 3. The van der Waals surface area contributed by atoms with Crippen LogP contribution in [0.25, 0.3) is 11.1 Å². The van der Waals surface area contributed by atoms with Crippen molar-refractivity contribution in [2.24, 2.45) is 0 Å². The molecule has 1 atom stereocenters. The molecular formula is C20H21N3O. The standard InChI is InChI=1S/C20H21N3O/c1-22-12-11-19(20(22)24)23(2)14-15-7-9-16(10-8-15)18-6-4-3-5-17(18)13-21/h3-10,19H,11-12,14H2,1-2H3. The molecule has 24 heavy (non-hydrogen) atoms. The van der Waals surface area contributed by atoms with Gasteiger partial charge < -0.3 is 4.90 Å². The molecule has 4 heteroatoms. The second-order valence-corrected chi connectivity index (χ2v) is 6.33. The summed E-state index contributed by atoms with van der Waals surface area (Å²) < 4.78 is 0. The topological polar surface area (TPSA) is 47.3 Å². The summed E-state index contributed by atoms with van der Waals surface area (Å²) in [5, 5.41) is 9.23. The Labute approximate surface area is 142 Å². The van der Waals surface area contributed by atoms with E-state index in [1.807, 2.05) is 50.5 Å². The van der Waals surface area contributed by atoms with E-state index in [9.17, 15) is 10.1 Å². The van der Waals surface area contributed by atoms with E-state index in [-0.39, 0.29) is 11.9 Å². The predicted octanol–water partition coefficient (Wildman–Crippen LogP) is 2.89. The van der Waals surface area contributed by atoms with Crippen molar-refractivity contribution in [3.8, 4) is 17.2 Å². The minimum Gasteiger partial charge on any atom is -0.344 e. The Kier molecular flexibility index (Phi) is 4.64. The first-order valence-electron chi connectivity index (χ1n) is 8.14. The van der Waals surface area contributed by atoms with Gasteiger partial charge in [-0.05, 0) is 36.2 Å². The molecule has 1 heterocycles. The largest absolute Gasteiger partial charge is 0.344 e. The number of carbonyl (C=O) groups excluding carboxylic acids is 1. The van der Waals surface area contributed by atoms with Crippen molar-refractivity contribution in [1.82, 2.24) is 9.80 Å². The van der Waals surface area contributed by atoms with E-state index in [0.29, 0.717) is 5.56 Å². The maximum atomic E-state index is 12.1. The highest BCUT2D eigenvalue weighted by molar-refractivity contribution is 5.83. The van der Waals surface area contributed by atoms with Crippen LogP contribution in [0.15, 0.2) is 48.5 Å². The molecule has 1 aliphatic rings. The Morgan fingerprint density at radius 3 is 2.54 bits per heavy atom. The fourth-order valence-electron chi connectivity index (χ4n) is 3.23. The lowest BCUT2D eigenvalue weighted by Gasteiger charge is -2.23. The zero-order chi connectivity index (χ0) is 17.1. The van der Waals surface area contributed by atoms with E-state index in [4.69, 9.17) is 0 Å². The van der Waals surface area contributed by atoms with Gasteiger partial charge in [0.05, 0.1) is 17.7 Å². The van der Waals surface area contributed by atoms with Gasteiger partial charge in [-0.25, -0.2) is 0 Å². The predicted molar refractivity (Wildman–Crippen MR) is 94.1 cm³/mol. The fourth-order valence-corrected chi connectivity index (χ4v) is 3.23. The van der Waals surface area contributed by atoms with Gasteiger partial charge >= 0.3 is 0 Å². The third-order valence-corrected chi connectivity index (χ3v) is 4.68. The van der Waals surface area contributed by atoms with Gasteiger partial charge in [0.2, 0.25) is 5.91 Å². The van der Waals surface area contributed by atoms with Crippen molar-refractivity contribution in [1.29, 1.82) is 5.26 Å². The minimum atomic E-state index is -0.0195. The van der Waals surface area contributed by atoms with Crippen molar-refractivity contribution >= 4 is 5.91 Å².